The average Bonchev–Trinajstić information content (AvgIpc) is 3.07. The number of carbonyl (C=O) groups excluding carboxylic acids is 3. The Balaban J connectivity index is 1.90. The van der Waals surface area contributed by atoms with Gasteiger partial charge in [0.2, 0.25) is 11.0 Å². The van der Waals surface area contributed by atoms with E-state index in [1.54, 1.807) is 13.8 Å². The first-order valence-electron chi connectivity index (χ1n) is 9.65. The van der Waals surface area contributed by atoms with Gasteiger partial charge in [0.1, 0.15) is 10.9 Å². The van der Waals surface area contributed by atoms with Crippen molar-refractivity contribution in [2.45, 2.75) is 32.7 Å². The second-order valence-corrected chi connectivity index (χ2v) is 7.49. The van der Waals surface area contributed by atoms with Crippen molar-refractivity contribution in [1.29, 1.82) is 0 Å². The Bertz CT molecular complexity index is 940. The topological polar surface area (TPSA) is 162 Å². The smallest absolute Gasteiger partial charge is 0.328 e. The van der Waals surface area contributed by atoms with Crippen molar-refractivity contribution in [3.8, 4) is 0 Å². The number of nitrogens with two attached hydrogens (primary N) is 2. The molecule has 11 heteroatoms. The summed E-state index contributed by atoms with van der Waals surface area (Å²) < 4.78 is 5.06. The molecule has 1 atom stereocenters. The van der Waals surface area contributed by atoms with E-state index in [0.29, 0.717) is 17.0 Å². The molecule has 166 valence electrons. The van der Waals surface area contributed by atoms with Crippen molar-refractivity contribution in [3.63, 3.8) is 0 Å². The highest BCUT2D eigenvalue weighted by Crippen LogP contribution is 2.24. The summed E-state index contributed by atoms with van der Waals surface area (Å²) >= 11 is 1.04. The normalized spacial score (nSPS) is 11.3. The zero-order valence-corrected chi connectivity index (χ0v) is 18.2. The number of aromatic nitrogens is 1. The molecule has 0 spiro atoms. The molecule has 0 aliphatic carbocycles. The predicted octanol–water partition coefficient (Wildman–Crippen LogP) is 0.767. The van der Waals surface area contributed by atoms with Gasteiger partial charge in [0.05, 0.1) is 12.3 Å². The molecule has 0 aliphatic heterocycles. The summed E-state index contributed by atoms with van der Waals surface area (Å²) in [4.78, 5) is 45.2. The first-order valence-corrected chi connectivity index (χ1v) is 10.5. The van der Waals surface area contributed by atoms with E-state index >= 15 is 0 Å². The summed E-state index contributed by atoms with van der Waals surface area (Å²) in [5.74, 6) is -1.41. The Labute approximate surface area is 184 Å². The number of hydrogen-bond acceptors (Lipinski definition) is 7. The fourth-order valence-corrected chi connectivity index (χ4v) is 3.55. The fourth-order valence-electron chi connectivity index (χ4n) is 2.67. The molecule has 1 heterocycles. The largest absolute Gasteiger partial charge is 0.464 e. The van der Waals surface area contributed by atoms with E-state index in [0.717, 1.165) is 16.9 Å². The number of hydrogen-bond donors (Lipinski definition) is 4. The standard InChI is InChI=1S/C20H26N6O4S/c1-3-30-18(29)14(11-13-7-5-4-6-8-13)25-15(27)9-10-23-17(28)16-12(2)24-20(31-16)26-19(21)22/h4-8,14H,3,9-11H2,1-2H3,(H,23,28)(H,25,27)(H4,21,22,24,26). The summed E-state index contributed by atoms with van der Waals surface area (Å²) in [5, 5.41) is 5.62. The number of amides is 2. The molecular formula is C20H26N6O4S. The van der Waals surface area contributed by atoms with Crippen molar-refractivity contribution < 1.29 is 19.1 Å². The molecule has 31 heavy (non-hydrogen) atoms. The van der Waals surface area contributed by atoms with Gasteiger partial charge in [0, 0.05) is 19.4 Å². The van der Waals surface area contributed by atoms with Crippen molar-refractivity contribution in [2.24, 2.45) is 16.5 Å². The van der Waals surface area contributed by atoms with Crippen LogP contribution in [0.4, 0.5) is 5.13 Å². The van der Waals surface area contributed by atoms with Crippen LogP contribution in [0.15, 0.2) is 35.3 Å². The Morgan fingerprint density at radius 2 is 1.94 bits per heavy atom. The van der Waals surface area contributed by atoms with Crippen LogP contribution in [0, 0.1) is 6.92 Å². The van der Waals surface area contributed by atoms with Gasteiger partial charge in [-0.3, -0.25) is 9.59 Å². The summed E-state index contributed by atoms with van der Waals surface area (Å²) in [6.45, 7) is 3.67. The van der Waals surface area contributed by atoms with Gasteiger partial charge in [0.15, 0.2) is 5.96 Å². The number of nitrogens with zero attached hydrogens (tertiary/aromatic N) is 2. The summed E-state index contributed by atoms with van der Waals surface area (Å²) in [6.07, 6.45) is 0.306. The minimum absolute atomic E-state index is 0.00492. The third-order valence-electron chi connectivity index (χ3n) is 4.04. The minimum atomic E-state index is -0.809. The number of aliphatic imine (C=N–C) groups is 1. The second kappa shape index (κ2) is 11.6. The Hall–Kier alpha value is -3.47. The number of benzene rings is 1. The van der Waals surface area contributed by atoms with E-state index in [4.69, 9.17) is 16.2 Å². The van der Waals surface area contributed by atoms with E-state index in [1.165, 1.54) is 0 Å². The molecule has 1 unspecified atom stereocenters. The number of guanidine groups is 1. The fraction of sp³-hybridized carbons (Fsp3) is 0.350. The van der Waals surface area contributed by atoms with Crippen molar-refractivity contribution in [2.75, 3.05) is 13.2 Å². The summed E-state index contributed by atoms with van der Waals surface area (Å²) in [7, 11) is 0. The molecule has 1 aromatic carbocycles. The van der Waals surface area contributed by atoms with Crippen LogP contribution >= 0.6 is 11.3 Å². The number of carbonyl (C=O) groups is 3. The molecular weight excluding hydrogens is 420 g/mol. The van der Waals surface area contributed by atoms with Crippen molar-refractivity contribution in [3.05, 3.63) is 46.5 Å². The molecule has 6 N–H and O–H groups in total. The molecule has 0 bridgehead atoms. The number of aryl methyl sites for hydroxylation is 1. The van der Waals surface area contributed by atoms with Crippen molar-refractivity contribution >= 4 is 40.2 Å². The highest BCUT2D eigenvalue weighted by Gasteiger charge is 2.22. The molecule has 0 saturated heterocycles. The van der Waals surface area contributed by atoms with Crippen LogP contribution in [0.25, 0.3) is 0 Å². The SMILES string of the molecule is CCOC(=O)C(Cc1ccccc1)NC(=O)CCNC(=O)c1sc(N=C(N)N)nc1C. The van der Waals surface area contributed by atoms with E-state index in [1.807, 2.05) is 30.3 Å². The zero-order chi connectivity index (χ0) is 22.8. The van der Waals surface area contributed by atoms with Gasteiger partial charge >= 0.3 is 5.97 Å². The van der Waals surface area contributed by atoms with Crippen LogP contribution in [0.1, 0.15) is 34.3 Å². The summed E-state index contributed by atoms with van der Waals surface area (Å²) in [6, 6.07) is 8.51. The van der Waals surface area contributed by atoms with Gasteiger partial charge < -0.3 is 26.8 Å². The molecule has 2 aromatic rings. The van der Waals surface area contributed by atoms with Crippen LogP contribution in [0.5, 0.6) is 0 Å². The molecule has 10 nitrogen and oxygen atoms in total. The highest BCUT2D eigenvalue weighted by atomic mass is 32.1. The lowest BCUT2D eigenvalue weighted by Gasteiger charge is -2.17. The monoisotopic (exact) mass is 446 g/mol. The molecule has 2 rings (SSSR count). The van der Waals surface area contributed by atoms with Gasteiger partial charge in [-0.05, 0) is 19.4 Å². The number of thiazole rings is 1. The lowest BCUT2D eigenvalue weighted by atomic mass is 10.1. The number of nitrogens with one attached hydrogen (secondary N) is 2. The maximum absolute atomic E-state index is 12.3. The van der Waals surface area contributed by atoms with Crippen LogP contribution in [0.3, 0.4) is 0 Å². The third kappa shape index (κ3) is 7.70. The van der Waals surface area contributed by atoms with Gasteiger partial charge in [-0.15, -0.1) is 0 Å². The first kappa shape index (κ1) is 23.8. The number of esters is 1. The van der Waals surface area contributed by atoms with E-state index in [9.17, 15) is 14.4 Å². The molecule has 0 radical (unpaired) electrons. The lowest BCUT2D eigenvalue weighted by Crippen LogP contribution is -2.44. The van der Waals surface area contributed by atoms with Crippen LogP contribution in [0.2, 0.25) is 0 Å². The van der Waals surface area contributed by atoms with E-state index in [-0.39, 0.29) is 42.5 Å². The average molecular weight is 447 g/mol. The van der Waals surface area contributed by atoms with Crippen LogP contribution in [-0.2, 0) is 20.7 Å². The quantitative estimate of drug-likeness (QED) is 0.238. The molecule has 0 saturated carbocycles. The predicted molar refractivity (Wildman–Crippen MR) is 118 cm³/mol. The van der Waals surface area contributed by atoms with Gasteiger partial charge in [0.25, 0.3) is 5.91 Å². The van der Waals surface area contributed by atoms with E-state index < -0.39 is 12.0 Å². The third-order valence-corrected chi connectivity index (χ3v) is 5.09. The molecule has 1 aromatic heterocycles. The molecule has 2 amide bonds. The Morgan fingerprint density at radius 1 is 1.23 bits per heavy atom. The maximum atomic E-state index is 12.3. The minimum Gasteiger partial charge on any atom is -0.464 e. The maximum Gasteiger partial charge on any atom is 0.328 e. The Kier molecular flexibility index (Phi) is 8.94. The summed E-state index contributed by atoms with van der Waals surface area (Å²) in [5.41, 5.74) is 12.0. The van der Waals surface area contributed by atoms with Crippen molar-refractivity contribution in [1.82, 2.24) is 15.6 Å². The number of rotatable bonds is 10. The van der Waals surface area contributed by atoms with Gasteiger partial charge in [-0.1, -0.05) is 41.7 Å². The van der Waals surface area contributed by atoms with Gasteiger partial charge in [-0.25, -0.2) is 9.78 Å². The van der Waals surface area contributed by atoms with Crippen LogP contribution < -0.4 is 22.1 Å². The first-order chi connectivity index (χ1) is 14.8. The van der Waals surface area contributed by atoms with Gasteiger partial charge in [-0.2, -0.15) is 4.99 Å². The molecule has 0 aliphatic rings. The zero-order valence-electron chi connectivity index (χ0n) is 17.4. The highest BCUT2D eigenvalue weighted by molar-refractivity contribution is 7.17. The Morgan fingerprint density at radius 3 is 2.58 bits per heavy atom. The molecule has 0 fully saturated rings. The van der Waals surface area contributed by atoms with Crippen LogP contribution in [-0.4, -0.2) is 47.9 Å². The van der Waals surface area contributed by atoms with E-state index in [2.05, 4.69) is 20.6 Å². The number of ether oxygens (including phenoxy) is 1. The lowest BCUT2D eigenvalue weighted by molar-refractivity contribution is -0.147. The second-order valence-electron chi connectivity index (χ2n) is 6.52.